The first-order valence-corrected chi connectivity index (χ1v) is 7.77. The lowest BCUT2D eigenvalue weighted by molar-refractivity contribution is -0.122. The van der Waals surface area contributed by atoms with E-state index in [-0.39, 0.29) is 5.91 Å². The molecule has 2 rings (SSSR count). The van der Waals surface area contributed by atoms with Gasteiger partial charge in [0.15, 0.2) is 0 Å². The van der Waals surface area contributed by atoms with E-state index < -0.39 is 0 Å². The van der Waals surface area contributed by atoms with E-state index >= 15 is 0 Å². The van der Waals surface area contributed by atoms with Crippen molar-refractivity contribution in [2.24, 2.45) is 5.92 Å². The molecule has 3 nitrogen and oxygen atoms in total. The van der Waals surface area contributed by atoms with Gasteiger partial charge in [0.1, 0.15) is 0 Å². The molecule has 2 N–H and O–H groups in total. The van der Waals surface area contributed by atoms with E-state index in [1.807, 2.05) is 0 Å². The van der Waals surface area contributed by atoms with Crippen LogP contribution in [0.2, 0.25) is 0 Å². The molecule has 0 spiro atoms. The smallest absolute Gasteiger partial charge is 0.220 e. The minimum absolute atomic E-state index is 0.270. The number of carbonyl (C=O) groups excluding carboxylic acids is 1. The maximum Gasteiger partial charge on any atom is 0.220 e. The number of rotatable bonds is 5. The van der Waals surface area contributed by atoms with Gasteiger partial charge in [-0.1, -0.05) is 25.7 Å². The molecule has 2 unspecified atom stereocenters. The highest BCUT2D eigenvalue weighted by Gasteiger charge is 2.20. The number of carbonyl (C=O) groups is 1. The fourth-order valence-electron chi connectivity index (χ4n) is 3.41. The van der Waals surface area contributed by atoms with Gasteiger partial charge in [-0.05, 0) is 45.1 Å². The van der Waals surface area contributed by atoms with Gasteiger partial charge in [0.2, 0.25) is 5.91 Å². The molecule has 1 saturated carbocycles. The summed E-state index contributed by atoms with van der Waals surface area (Å²) in [5.41, 5.74) is 0. The molecule has 2 fully saturated rings. The number of hydrogen-bond acceptors (Lipinski definition) is 2. The Balaban J connectivity index is 1.56. The Morgan fingerprint density at radius 2 is 2.06 bits per heavy atom. The van der Waals surface area contributed by atoms with Gasteiger partial charge in [-0.3, -0.25) is 4.79 Å². The zero-order valence-electron chi connectivity index (χ0n) is 11.7. The minimum Gasteiger partial charge on any atom is -0.353 e. The Morgan fingerprint density at radius 3 is 2.78 bits per heavy atom. The second-order valence-corrected chi connectivity index (χ2v) is 6.19. The van der Waals surface area contributed by atoms with Crippen molar-refractivity contribution in [1.29, 1.82) is 0 Å². The first-order valence-electron chi connectivity index (χ1n) is 7.77. The van der Waals surface area contributed by atoms with Crippen LogP contribution in [0, 0.1) is 5.92 Å². The highest BCUT2D eigenvalue weighted by Crippen LogP contribution is 2.28. The Labute approximate surface area is 111 Å². The van der Waals surface area contributed by atoms with Crippen molar-refractivity contribution >= 4 is 5.91 Å². The lowest BCUT2D eigenvalue weighted by atomic mass is 9.99. The predicted molar refractivity (Wildman–Crippen MR) is 74.4 cm³/mol. The fourth-order valence-corrected chi connectivity index (χ4v) is 3.41. The summed E-state index contributed by atoms with van der Waals surface area (Å²) < 4.78 is 0. The van der Waals surface area contributed by atoms with Crippen molar-refractivity contribution in [3.63, 3.8) is 0 Å². The molecular formula is C15H28N2O. The van der Waals surface area contributed by atoms with E-state index in [0.29, 0.717) is 12.1 Å². The van der Waals surface area contributed by atoms with E-state index in [0.717, 1.165) is 38.1 Å². The van der Waals surface area contributed by atoms with Gasteiger partial charge in [-0.15, -0.1) is 0 Å². The molecule has 1 saturated heterocycles. The third-order valence-electron chi connectivity index (χ3n) is 4.48. The first kappa shape index (κ1) is 13.9. The number of hydrogen-bond donors (Lipinski definition) is 2. The van der Waals surface area contributed by atoms with Gasteiger partial charge in [-0.2, -0.15) is 0 Å². The van der Waals surface area contributed by atoms with E-state index in [4.69, 9.17) is 0 Å². The summed E-state index contributed by atoms with van der Waals surface area (Å²) in [4.78, 5) is 11.9. The third kappa shape index (κ3) is 4.60. The molecule has 1 heterocycles. The number of nitrogens with one attached hydrogen (secondary N) is 2. The molecule has 2 aliphatic rings. The van der Waals surface area contributed by atoms with Crippen LogP contribution in [-0.4, -0.2) is 24.5 Å². The van der Waals surface area contributed by atoms with Crippen molar-refractivity contribution in [1.82, 2.24) is 10.6 Å². The SMILES string of the molecule is CC1CC(NC(=O)CCCC2CCCC2)CCN1. The molecule has 1 aliphatic heterocycles. The fraction of sp³-hybridized carbons (Fsp3) is 0.933. The van der Waals surface area contributed by atoms with Crippen LogP contribution in [0.4, 0.5) is 0 Å². The third-order valence-corrected chi connectivity index (χ3v) is 4.48. The monoisotopic (exact) mass is 252 g/mol. The average molecular weight is 252 g/mol. The lowest BCUT2D eigenvalue weighted by Crippen LogP contribution is -2.46. The largest absolute Gasteiger partial charge is 0.353 e. The van der Waals surface area contributed by atoms with Crippen molar-refractivity contribution in [2.75, 3.05) is 6.54 Å². The molecule has 18 heavy (non-hydrogen) atoms. The molecular weight excluding hydrogens is 224 g/mol. The van der Waals surface area contributed by atoms with Crippen molar-refractivity contribution in [3.8, 4) is 0 Å². The Morgan fingerprint density at radius 1 is 1.28 bits per heavy atom. The van der Waals surface area contributed by atoms with E-state index in [1.165, 1.54) is 32.1 Å². The summed E-state index contributed by atoms with van der Waals surface area (Å²) in [6.45, 7) is 3.23. The molecule has 3 heteroatoms. The Bertz CT molecular complexity index is 261. The second kappa shape index (κ2) is 7.13. The van der Waals surface area contributed by atoms with E-state index in [1.54, 1.807) is 0 Å². The lowest BCUT2D eigenvalue weighted by Gasteiger charge is -2.28. The van der Waals surface area contributed by atoms with Gasteiger partial charge in [-0.25, -0.2) is 0 Å². The summed E-state index contributed by atoms with van der Waals surface area (Å²) in [5.74, 6) is 1.18. The van der Waals surface area contributed by atoms with E-state index in [9.17, 15) is 4.79 Å². The molecule has 0 aromatic rings. The predicted octanol–water partition coefficient (Wildman–Crippen LogP) is 2.60. The quantitative estimate of drug-likeness (QED) is 0.789. The maximum atomic E-state index is 11.9. The normalized spacial score (nSPS) is 29.4. The second-order valence-electron chi connectivity index (χ2n) is 6.19. The van der Waals surface area contributed by atoms with Crippen LogP contribution in [0.5, 0.6) is 0 Å². The summed E-state index contributed by atoms with van der Waals surface area (Å²) in [6, 6.07) is 0.947. The van der Waals surface area contributed by atoms with Crippen LogP contribution in [0.15, 0.2) is 0 Å². The molecule has 0 aromatic heterocycles. The van der Waals surface area contributed by atoms with Crippen LogP contribution in [0.25, 0.3) is 0 Å². The zero-order chi connectivity index (χ0) is 12.8. The van der Waals surface area contributed by atoms with Crippen LogP contribution in [0.1, 0.15) is 64.7 Å². The number of amides is 1. The molecule has 0 bridgehead atoms. The van der Waals surface area contributed by atoms with Crippen LogP contribution >= 0.6 is 0 Å². The first-order chi connectivity index (χ1) is 8.74. The summed E-state index contributed by atoms with van der Waals surface area (Å²) in [7, 11) is 0. The van der Waals surface area contributed by atoms with Crippen LogP contribution < -0.4 is 10.6 Å². The highest BCUT2D eigenvalue weighted by atomic mass is 16.1. The van der Waals surface area contributed by atoms with E-state index in [2.05, 4.69) is 17.6 Å². The molecule has 2 atom stereocenters. The van der Waals surface area contributed by atoms with Gasteiger partial charge < -0.3 is 10.6 Å². The topological polar surface area (TPSA) is 41.1 Å². The zero-order valence-corrected chi connectivity index (χ0v) is 11.7. The van der Waals surface area contributed by atoms with Gasteiger partial charge in [0.25, 0.3) is 0 Å². The summed E-state index contributed by atoms with van der Waals surface area (Å²) in [6.07, 6.45) is 10.8. The summed E-state index contributed by atoms with van der Waals surface area (Å²) in [5, 5.41) is 6.61. The van der Waals surface area contributed by atoms with Crippen molar-refractivity contribution < 1.29 is 4.79 Å². The standard InChI is InChI=1S/C15H28N2O/c1-12-11-14(9-10-16-12)17-15(18)8-4-7-13-5-2-3-6-13/h12-14,16H,2-11H2,1H3,(H,17,18). The van der Waals surface area contributed by atoms with Crippen molar-refractivity contribution in [2.45, 2.75) is 76.8 Å². The minimum atomic E-state index is 0.270. The Hall–Kier alpha value is -0.570. The number of piperidine rings is 1. The molecule has 104 valence electrons. The molecule has 0 aromatic carbocycles. The highest BCUT2D eigenvalue weighted by molar-refractivity contribution is 5.76. The Kier molecular flexibility index (Phi) is 5.48. The molecule has 0 radical (unpaired) electrons. The van der Waals surface area contributed by atoms with Gasteiger partial charge >= 0.3 is 0 Å². The average Bonchev–Trinajstić information content (AvgIpc) is 2.82. The summed E-state index contributed by atoms with van der Waals surface area (Å²) >= 11 is 0. The van der Waals surface area contributed by atoms with Crippen LogP contribution in [0.3, 0.4) is 0 Å². The van der Waals surface area contributed by atoms with Gasteiger partial charge in [0, 0.05) is 18.5 Å². The molecule has 1 aliphatic carbocycles. The van der Waals surface area contributed by atoms with Crippen molar-refractivity contribution in [3.05, 3.63) is 0 Å². The maximum absolute atomic E-state index is 11.9. The van der Waals surface area contributed by atoms with Gasteiger partial charge in [0.05, 0.1) is 0 Å². The molecule has 1 amide bonds. The van der Waals surface area contributed by atoms with Crippen LogP contribution in [-0.2, 0) is 4.79 Å².